The number of halogens is 1. The van der Waals surface area contributed by atoms with Crippen LogP contribution in [0.5, 0.6) is 5.75 Å². The third-order valence-electron chi connectivity index (χ3n) is 3.93. The third kappa shape index (κ3) is 2.12. The van der Waals surface area contributed by atoms with E-state index in [9.17, 15) is 5.11 Å². The molecule has 1 aliphatic carbocycles. The van der Waals surface area contributed by atoms with E-state index in [0.717, 1.165) is 42.4 Å². The van der Waals surface area contributed by atoms with E-state index in [4.69, 9.17) is 4.42 Å². The van der Waals surface area contributed by atoms with Crippen LogP contribution in [0.25, 0.3) is 11.0 Å². The van der Waals surface area contributed by atoms with Gasteiger partial charge in [0.05, 0.1) is 10.7 Å². The minimum Gasteiger partial charge on any atom is -0.506 e. The van der Waals surface area contributed by atoms with E-state index in [1.54, 1.807) is 6.21 Å². The molecule has 0 unspecified atom stereocenters. The van der Waals surface area contributed by atoms with E-state index in [-0.39, 0.29) is 5.75 Å². The lowest BCUT2D eigenvalue weighted by Crippen LogP contribution is -2.00. The summed E-state index contributed by atoms with van der Waals surface area (Å²) in [5.74, 6) is 1.19. The topological polar surface area (TPSA) is 76.4 Å². The summed E-state index contributed by atoms with van der Waals surface area (Å²) in [6, 6.07) is 1.82. The Labute approximate surface area is 134 Å². The highest BCUT2D eigenvalue weighted by molar-refractivity contribution is 9.10. The van der Waals surface area contributed by atoms with Crippen LogP contribution in [0.3, 0.4) is 0 Å². The van der Waals surface area contributed by atoms with Crippen molar-refractivity contribution < 1.29 is 9.52 Å². The molecule has 1 aliphatic rings. The van der Waals surface area contributed by atoms with Crippen molar-refractivity contribution in [2.24, 2.45) is 5.10 Å². The first-order valence-electron chi connectivity index (χ1n) is 7.08. The van der Waals surface area contributed by atoms with Gasteiger partial charge in [-0.1, -0.05) is 0 Å². The first-order valence-corrected chi connectivity index (χ1v) is 7.88. The van der Waals surface area contributed by atoms with Crippen molar-refractivity contribution in [2.45, 2.75) is 25.7 Å². The third-order valence-corrected chi connectivity index (χ3v) is 4.54. The molecule has 0 spiro atoms. The molecule has 2 heterocycles. The summed E-state index contributed by atoms with van der Waals surface area (Å²) in [6.45, 7) is 0. The summed E-state index contributed by atoms with van der Waals surface area (Å²) in [7, 11) is 0. The van der Waals surface area contributed by atoms with Crippen LogP contribution in [0.4, 0.5) is 0 Å². The number of aromatic hydroxyl groups is 1. The second kappa shape index (κ2) is 5.24. The van der Waals surface area contributed by atoms with Crippen LogP contribution in [-0.2, 0) is 12.8 Å². The number of phenols is 1. The highest BCUT2D eigenvalue weighted by atomic mass is 79.9. The highest BCUT2D eigenvalue weighted by Gasteiger charge is 2.22. The predicted molar refractivity (Wildman–Crippen MR) is 85.2 cm³/mol. The summed E-state index contributed by atoms with van der Waals surface area (Å²) in [4.78, 5) is 0. The molecule has 4 rings (SSSR count). The second-order valence-corrected chi connectivity index (χ2v) is 6.15. The lowest BCUT2D eigenvalue weighted by molar-refractivity contribution is 0.471. The molecule has 0 amide bonds. The minimum atomic E-state index is 0.165. The Kier molecular flexibility index (Phi) is 3.22. The summed E-state index contributed by atoms with van der Waals surface area (Å²) in [5.41, 5.74) is 2.63. The maximum atomic E-state index is 10.4. The Balaban J connectivity index is 1.94. The number of fused-ring (bicyclic) bond motifs is 3. The molecule has 2 aromatic heterocycles. The van der Waals surface area contributed by atoms with Gasteiger partial charge in [-0.05, 0) is 41.3 Å². The molecular formula is C15H13BrN4O2. The van der Waals surface area contributed by atoms with Gasteiger partial charge in [0.1, 0.15) is 29.7 Å². The maximum absolute atomic E-state index is 10.4. The zero-order valence-electron chi connectivity index (χ0n) is 11.7. The van der Waals surface area contributed by atoms with Crippen molar-refractivity contribution in [1.29, 1.82) is 0 Å². The number of benzene rings is 1. The van der Waals surface area contributed by atoms with Gasteiger partial charge >= 0.3 is 0 Å². The highest BCUT2D eigenvalue weighted by Crippen LogP contribution is 2.40. The summed E-state index contributed by atoms with van der Waals surface area (Å²) < 4.78 is 8.05. The summed E-state index contributed by atoms with van der Waals surface area (Å²) in [5, 5.41) is 23.0. The Hall–Kier alpha value is -2.15. The van der Waals surface area contributed by atoms with Crippen molar-refractivity contribution in [3.8, 4) is 5.75 Å². The van der Waals surface area contributed by atoms with Crippen LogP contribution < -0.4 is 0 Å². The van der Waals surface area contributed by atoms with E-state index < -0.39 is 0 Å². The Bertz CT molecular complexity index is 868. The number of furan rings is 1. The molecule has 112 valence electrons. The molecule has 6 nitrogen and oxygen atoms in total. The predicted octanol–water partition coefficient (Wildman–Crippen LogP) is 3.25. The fourth-order valence-corrected chi connectivity index (χ4v) is 3.34. The Morgan fingerprint density at radius 1 is 1.27 bits per heavy atom. The molecule has 0 saturated heterocycles. The molecular weight excluding hydrogens is 348 g/mol. The first kappa shape index (κ1) is 13.5. The molecule has 0 radical (unpaired) electrons. The molecule has 0 saturated carbocycles. The SMILES string of the molecule is Oc1c(Br)cc2oc3c(c2c1/C=N\n1cnnc1)CCCC3. The van der Waals surface area contributed by atoms with Gasteiger partial charge in [0.25, 0.3) is 0 Å². The van der Waals surface area contributed by atoms with E-state index in [2.05, 4.69) is 31.2 Å². The molecule has 0 aliphatic heterocycles. The second-order valence-electron chi connectivity index (χ2n) is 5.29. The van der Waals surface area contributed by atoms with Gasteiger partial charge in [0, 0.05) is 22.9 Å². The van der Waals surface area contributed by atoms with Gasteiger partial charge in [-0.25, -0.2) is 4.68 Å². The molecule has 1 N–H and O–H groups in total. The van der Waals surface area contributed by atoms with E-state index in [1.165, 1.54) is 22.9 Å². The fourth-order valence-electron chi connectivity index (χ4n) is 2.92. The van der Waals surface area contributed by atoms with Crippen molar-refractivity contribution in [2.75, 3.05) is 0 Å². The van der Waals surface area contributed by atoms with E-state index in [1.807, 2.05) is 6.07 Å². The number of rotatable bonds is 2. The standard InChI is InChI=1S/C15H13BrN4O2/c16-11-5-13-14(9-3-1-2-4-12(9)22-13)10(15(11)21)6-19-20-7-17-18-8-20/h5-8,21H,1-4H2/b19-6-. The average Bonchev–Trinajstić information content (AvgIpc) is 3.15. The van der Waals surface area contributed by atoms with Crippen molar-refractivity contribution >= 4 is 33.1 Å². The molecule has 0 atom stereocenters. The smallest absolute Gasteiger partial charge is 0.141 e. The van der Waals surface area contributed by atoms with Crippen LogP contribution in [-0.4, -0.2) is 26.2 Å². The van der Waals surface area contributed by atoms with Gasteiger partial charge in [0.15, 0.2) is 0 Å². The van der Waals surface area contributed by atoms with Crippen LogP contribution in [0.1, 0.15) is 29.7 Å². The Morgan fingerprint density at radius 2 is 2.05 bits per heavy atom. The molecule has 0 bridgehead atoms. The monoisotopic (exact) mass is 360 g/mol. The summed E-state index contributed by atoms with van der Waals surface area (Å²) in [6.07, 6.45) is 8.81. The van der Waals surface area contributed by atoms with Crippen LogP contribution in [0.2, 0.25) is 0 Å². The number of aryl methyl sites for hydroxylation is 2. The average molecular weight is 361 g/mol. The lowest BCUT2D eigenvalue weighted by atomic mass is 9.94. The zero-order chi connectivity index (χ0) is 15.1. The minimum absolute atomic E-state index is 0.165. The van der Waals surface area contributed by atoms with Crippen LogP contribution in [0, 0.1) is 0 Å². The molecule has 0 fully saturated rings. The van der Waals surface area contributed by atoms with Gasteiger partial charge in [-0.15, -0.1) is 10.2 Å². The Morgan fingerprint density at radius 3 is 2.86 bits per heavy atom. The van der Waals surface area contributed by atoms with E-state index >= 15 is 0 Å². The number of aromatic nitrogens is 3. The van der Waals surface area contributed by atoms with Gasteiger partial charge < -0.3 is 9.52 Å². The van der Waals surface area contributed by atoms with Gasteiger partial charge in [0.2, 0.25) is 0 Å². The number of hydrogen-bond acceptors (Lipinski definition) is 5. The lowest BCUT2D eigenvalue weighted by Gasteiger charge is -2.10. The molecule has 22 heavy (non-hydrogen) atoms. The van der Waals surface area contributed by atoms with Crippen molar-refractivity contribution in [3.05, 3.63) is 40.1 Å². The quantitative estimate of drug-likeness (QED) is 0.711. The van der Waals surface area contributed by atoms with Crippen LogP contribution >= 0.6 is 15.9 Å². The molecule has 3 aromatic rings. The maximum Gasteiger partial charge on any atom is 0.141 e. The number of phenolic OH excluding ortho intramolecular Hbond substituents is 1. The first-order chi connectivity index (χ1) is 10.7. The largest absolute Gasteiger partial charge is 0.506 e. The van der Waals surface area contributed by atoms with Crippen molar-refractivity contribution in [1.82, 2.24) is 14.9 Å². The molecule has 1 aromatic carbocycles. The zero-order valence-corrected chi connectivity index (χ0v) is 13.2. The van der Waals surface area contributed by atoms with Gasteiger partial charge in [-0.3, -0.25) is 0 Å². The van der Waals surface area contributed by atoms with Crippen molar-refractivity contribution in [3.63, 3.8) is 0 Å². The fraction of sp³-hybridized carbons (Fsp3) is 0.267. The summed E-state index contributed by atoms with van der Waals surface area (Å²) >= 11 is 3.38. The molecule has 7 heteroatoms. The van der Waals surface area contributed by atoms with Gasteiger partial charge in [-0.2, -0.15) is 5.10 Å². The van der Waals surface area contributed by atoms with E-state index in [0.29, 0.717) is 10.0 Å². The van der Waals surface area contributed by atoms with Crippen LogP contribution in [0.15, 0.2) is 32.7 Å². The number of nitrogens with zero attached hydrogens (tertiary/aromatic N) is 4. The number of hydrogen-bond donors (Lipinski definition) is 1. The normalized spacial score (nSPS) is 14.8.